The summed E-state index contributed by atoms with van der Waals surface area (Å²) >= 11 is 1.85. The third-order valence-electron chi connectivity index (χ3n) is 0.892. The minimum atomic E-state index is -0.608. The fraction of sp³-hybridized carbons (Fsp3) is 0. The molecule has 0 N–H and O–H groups in total. The lowest BCUT2D eigenvalue weighted by molar-refractivity contribution is 0.580. The van der Waals surface area contributed by atoms with Crippen LogP contribution in [0.25, 0.3) is 0 Å². The Morgan fingerprint density at radius 3 is 2.80 bits per heavy atom. The van der Waals surface area contributed by atoms with E-state index in [1.54, 1.807) is 0 Å². The summed E-state index contributed by atoms with van der Waals surface area (Å²) in [7, 11) is 0. The molecule has 1 aromatic rings. The molecule has 10 heavy (non-hydrogen) atoms. The monoisotopic (exact) mass is 248 g/mol. The van der Waals surface area contributed by atoms with Gasteiger partial charge in [-0.1, -0.05) is 0 Å². The van der Waals surface area contributed by atoms with Crippen molar-refractivity contribution in [3.05, 3.63) is 27.3 Å². The highest BCUT2D eigenvalue weighted by molar-refractivity contribution is 14.1. The predicted octanol–water partition coefficient (Wildman–Crippen LogP) is 1.70. The van der Waals surface area contributed by atoms with E-state index in [0.717, 1.165) is 6.07 Å². The standard InChI is InChI=1S/C6H2FIN2/c7-5-1-4(3-9)2-6(8)10-5/h1-2H. The zero-order chi connectivity index (χ0) is 7.56. The van der Waals surface area contributed by atoms with Crippen LogP contribution in [-0.4, -0.2) is 4.98 Å². The van der Waals surface area contributed by atoms with Crippen molar-refractivity contribution in [3.8, 4) is 6.07 Å². The van der Waals surface area contributed by atoms with E-state index in [9.17, 15) is 4.39 Å². The second-order valence-electron chi connectivity index (χ2n) is 1.61. The Morgan fingerprint density at radius 2 is 2.30 bits per heavy atom. The van der Waals surface area contributed by atoms with Gasteiger partial charge in [0.25, 0.3) is 0 Å². The first kappa shape index (κ1) is 7.41. The van der Waals surface area contributed by atoms with E-state index in [1.807, 2.05) is 28.7 Å². The molecule has 0 bridgehead atoms. The average Bonchev–Trinajstić information content (AvgIpc) is 1.85. The van der Waals surface area contributed by atoms with E-state index in [4.69, 9.17) is 5.26 Å². The second kappa shape index (κ2) is 2.92. The van der Waals surface area contributed by atoms with E-state index in [0.29, 0.717) is 9.26 Å². The zero-order valence-electron chi connectivity index (χ0n) is 4.81. The highest BCUT2D eigenvalue weighted by Crippen LogP contribution is 2.05. The molecule has 1 aromatic heterocycles. The van der Waals surface area contributed by atoms with Gasteiger partial charge in [-0.15, -0.1) is 0 Å². The molecule has 0 saturated carbocycles. The van der Waals surface area contributed by atoms with Crippen molar-refractivity contribution in [2.75, 3.05) is 0 Å². The molecule has 4 heteroatoms. The van der Waals surface area contributed by atoms with Crippen molar-refractivity contribution in [3.63, 3.8) is 0 Å². The summed E-state index contributed by atoms with van der Waals surface area (Å²) in [6, 6.07) is 4.44. The van der Waals surface area contributed by atoms with Gasteiger partial charge in [0.1, 0.15) is 3.70 Å². The zero-order valence-corrected chi connectivity index (χ0v) is 6.96. The van der Waals surface area contributed by atoms with E-state index >= 15 is 0 Å². The smallest absolute Gasteiger partial charge is 0.214 e. The first-order valence-corrected chi connectivity index (χ1v) is 3.53. The Hall–Kier alpha value is -0.700. The Labute approximate surface area is 70.8 Å². The van der Waals surface area contributed by atoms with Crippen molar-refractivity contribution in [1.29, 1.82) is 5.26 Å². The summed E-state index contributed by atoms with van der Waals surface area (Å²) < 4.78 is 12.8. The summed E-state index contributed by atoms with van der Waals surface area (Å²) in [6.45, 7) is 0. The molecule has 0 aromatic carbocycles. The molecule has 0 fully saturated rings. The molecule has 1 heterocycles. The molecule has 0 unspecified atom stereocenters. The first-order chi connectivity index (χ1) is 4.72. The maximum atomic E-state index is 12.3. The van der Waals surface area contributed by atoms with E-state index in [1.165, 1.54) is 6.07 Å². The van der Waals surface area contributed by atoms with Gasteiger partial charge in [0.05, 0.1) is 11.6 Å². The van der Waals surface area contributed by atoms with Crippen LogP contribution in [0.5, 0.6) is 0 Å². The fourth-order valence-corrected chi connectivity index (χ4v) is 1.10. The molecule has 0 aliphatic rings. The largest absolute Gasteiger partial charge is 0.215 e. The SMILES string of the molecule is N#Cc1cc(F)nc(I)c1. The molecular weight excluding hydrogens is 246 g/mol. The predicted molar refractivity (Wildman–Crippen MR) is 41.6 cm³/mol. The van der Waals surface area contributed by atoms with Crippen LogP contribution in [0.3, 0.4) is 0 Å². The molecule has 0 amide bonds. The first-order valence-electron chi connectivity index (χ1n) is 2.45. The van der Waals surface area contributed by atoms with E-state index in [-0.39, 0.29) is 0 Å². The van der Waals surface area contributed by atoms with Crippen LogP contribution in [0.1, 0.15) is 5.56 Å². The maximum Gasteiger partial charge on any atom is 0.215 e. The molecule has 0 atom stereocenters. The van der Waals surface area contributed by atoms with Gasteiger partial charge in [-0.25, -0.2) is 4.98 Å². The van der Waals surface area contributed by atoms with Crippen LogP contribution in [0.4, 0.5) is 4.39 Å². The quantitative estimate of drug-likeness (QED) is 0.517. The van der Waals surface area contributed by atoms with Gasteiger partial charge < -0.3 is 0 Å². The third-order valence-corrected chi connectivity index (χ3v) is 1.44. The van der Waals surface area contributed by atoms with Crippen LogP contribution >= 0.6 is 22.6 Å². The molecule has 0 spiro atoms. The van der Waals surface area contributed by atoms with Crippen LogP contribution in [-0.2, 0) is 0 Å². The van der Waals surface area contributed by atoms with Gasteiger partial charge in [0.15, 0.2) is 0 Å². The fourth-order valence-electron chi connectivity index (χ4n) is 0.529. The number of nitrogens with zero attached hydrogens (tertiary/aromatic N) is 2. The number of rotatable bonds is 0. The number of hydrogen-bond acceptors (Lipinski definition) is 2. The van der Waals surface area contributed by atoms with Gasteiger partial charge in [-0.05, 0) is 28.7 Å². The lowest BCUT2D eigenvalue weighted by Gasteiger charge is -1.90. The van der Waals surface area contributed by atoms with Gasteiger partial charge >= 0.3 is 0 Å². The third kappa shape index (κ3) is 1.64. The molecule has 0 radical (unpaired) electrons. The lowest BCUT2D eigenvalue weighted by Crippen LogP contribution is -1.87. The number of hydrogen-bond donors (Lipinski definition) is 0. The van der Waals surface area contributed by atoms with Gasteiger partial charge in [-0.3, -0.25) is 0 Å². The normalized spacial score (nSPS) is 8.90. The molecule has 0 saturated heterocycles. The Kier molecular flexibility index (Phi) is 2.17. The molecule has 0 aliphatic carbocycles. The minimum absolute atomic E-state index is 0.303. The van der Waals surface area contributed by atoms with Crippen molar-refractivity contribution >= 4 is 22.6 Å². The number of halogens is 2. The molecule has 50 valence electrons. The summed E-state index contributed by atoms with van der Waals surface area (Å²) in [5, 5.41) is 8.34. The molecular formula is C6H2FIN2. The highest BCUT2D eigenvalue weighted by Gasteiger charge is 1.97. The van der Waals surface area contributed by atoms with Gasteiger partial charge in [-0.2, -0.15) is 9.65 Å². The van der Waals surface area contributed by atoms with Crippen LogP contribution in [0.15, 0.2) is 12.1 Å². The van der Waals surface area contributed by atoms with Crippen molar-refractivity contribution in [1.82, 2.24) is 4.98 Å². The van der Waals surface area contributed by atoms with E-state index in [2.05, 4.69) is 4.98 Å². The average molecular weight is 248 g/mol. The van der Waals surface area contributed by atoms with Crippen LogP contribution in [0.2, 0.25) is 0 Å². The van der Waals surface area contributed by atoms with Crippen LogP contribution < -0.4 is 0 Å². The van der Waals surface area contributed by atoms with E-state index < -0.39 is 5.95 Å². The van der Waals surface area contributed by atoms with Gasteiger partial charge in [0.2, 0.25) is 5.95 Å². The molecule has 1 rings (SSSR count). The van der Waals surface area contributed by atoms with Crippen molar-refractivity contribution in [2.24, 2.45) is 0 Å². The summed E-state index contributed by atoms with van der Waals surface area (Å²) in [5.41, 5.74) is 0.303. The minimum Gasteiger partial charge on any atom is -0.214 e. The number of aromatic nitrogens is 1. The number of pyridine rings is 1. The highest BCUT2D eigenvalue weighted by atomic mass is 127. The molecule has 2 nitrogen and oxygen atoms in total. The topological polar surface area (TPSA) is 36.7 Å². The Morgan fingerprint density at radius 1 is 1.60 bits per heavy atom. The number of nitriles is 1. The Balaban J connectivity index is 3.22. The molecule has 0 aliphatic heterocycles. The van der Waals surface area contributed by atoms with Crippen molar-refractivity contribution in [2.45, 2.75) is 0 Å². The summed E-state index contributed by atoms with van der Waals surface area (Å²) in [4.78, 5) is 3.45. The summed E-state index contributed by atoms with van der Waals surface area (Å²) in [5.74, 6) is -0.608. The van der Waals surface area contributed by atoms with Crippen LogP contribution in [0, 0.1) is 21.0 Å². The maximum absolute atomic E-state index is 12.3. The van der Waals surface area contributed by atoms with Crippen molar-refractivity contribution < 1.29 is 4.39 Å². The lowest BCUT2D eigenvalue weighted by atomic mass is 10.3. The van der Waals surface area contributed by atoms with Gasteiger partial charge in [0, 0.05) is 6.07 Å². The Bertz CT molecular complexity index is 272. The second-order valence-corrected chi connectivity index (χ2v) is 2.72. The summed E-state index contributed by atoms with van der Waals surface area (Å²) in [6.07, 6.45) is 0.